The molecular formula is C18H23ClN2O4S. The first kappa shape index (κ1) is 19.3. The number of hydrogen-bond donors (Lipinski definition) is 2. The number of amides is 1. The number of ether oxygens (including phenoxy) is 1. The minimum Gasteiger partial charge on any atom is -0.381 e. The third kappa shape index (κ3) is 4.27. The van der Waals surface area contributed by atoms with Crippen LogP contribution in [0.4, 0.5) is 0 Å². The van der Waals surface area contributed by atoms with E-state index in [0.717, 1.165) is 19.2 Å². The Kier molecular flexibility index (Phi) is 5.99. The van der Waals surface area contributed by atoms with E-state index in [0.29, 0.717) is 44.0 Å². The molecule has 1 aromatic carbocycles. The van der Waals surface area contributed by atoms with Crippen molar-refractivity contribution in [3.63, 3.8) is 0 Å². The number of carbonyl (C=O) groups excluding carboxylic acids is 1. The Morgan fingerprint density at radius 2 is 2.00 bits per heavy atom. The van der Waals surface area contributed by atoms with Gasteiger partial charge in [-0.1, -0.05) is 17.7 Å². The van der Waals surface area contributed by atoms with Crippen LogP contribution in [0.1, 0.15) is 43.6 Å². The van der Waals surface area contributed by atoms with Crippen LogP contribution in [0.3, 0.4) is 0 Å². The van der Waals surface area contributed by atoms with Crippen molar-refractivity contribution in [2.24, 2.45) is 5.92 Å². The summed E-state index contributed by atoms with van der Waals surface area (Å²) in [4.78, 5) is 12.6. The van der Waals surface area contributed by atoms with E-state index in [2.05, 4.69) is 5.32 Å². The lowest BCUT2D eigenvalue weighted by Gasteiger charge is -2.26. The molecule has 0 radical (unpaired) electrons. The standard InChI is InChI=1S/C18H23ClN2O4S/c19-16-10-13(1-4-17(16)26(23,24)14-2-3-14)15(18(22)21-11-20)9-12-5-7-25-8-6-12/h1,4,10-12,14-15H,2-3,5-9H2,(H2,20,21,22). The molecule has 142 valence electrons. The van der Waals surface area contributed by atoms with Gasteiger partial charge in [0.1, 0.15) is 0 Å². The molecule has 1 unspecified atom stereocenters. The molecule has 2 aliphatic rings. The molecule has 26 heavy (non-hydrogen) atoms. The van der Waals surface area contributed by atoms with Crippen LogP contribution >= 0.6 is 11.6 Å². The summed E-state index contributed by atoms with van der Waals surface area (Å²) in [6.07, 6.45) is 4.61. The second-order valence-electron chi connectivity index (χ2n) is 6.93. The van der Waals surface area contributed by atoms with E-state index in [-0.39, 0.29) is 21.1 Å². The van der Waals surface area contributed by atoms with Gasteiger partial charge in [-0.2, -0.15) is 0 Å². The fourth-order valence-electron chi connectivity index (χ4n) is 3.40. The number of halogens is 1. The van der Waals surface area contributed by atoms with Gasteiger partial charge in [-0.05, 0) is 55.7 Å². The predicted octanol–water partition coefficient (Wildman–Crippen LogP) is 2.90. The van der Waals surface area contributed by atoms with Gasteiger partial charge in [-0.3, -0.25) is 10.2 Å². The van der Waals surface area contributed by atoms with Crippen LogP contribution in [-0.4, -0.2) is 39.1 Å². The van der Waals surface area contributed by atoms with E-state index < -0.39 is 15.8 Å². The molecule has 0 bridgehead atoms. The first-order valence-electron chi connectivity index (χ1n) is 8.84. The highest BCUT2D eigenvalue weighted by atomic mass is 35.5. The minimum absolute atomic E-state index is 0.141. The lowest BCUT2D eigenvalue weighted by atomic mass is 9.84. The topological polar surface area (TPSA) is 96.3 Å². The van der Waals surface area contributed by atoms with Crippen LogP contribution in [0, 0.1) is 11.3 Å². The van der Waals surface area contributed by atoms with Crippen LogP contribution in [0.5, 0.6) is 0 Å². The van der Waals surface area contributed by atoms with Gasteiger partial charge in [0.2, 0.25) is 5.91 Å². The van der Waals surface area contributed by atoms with Crippen LogP contribution in [0.25, 0.3) is 0 Å². The number of hydrogen-bond acceptors (Lipinski definition) is 5. The van der Waals surface area contributed by atoms with E-state index in [1.165, 1.54) is 6.07 Å². The molecule has 2 N–H and O–H groups in total. The normalized spacial score (nSPS) is 19.7. The van der Waals surface area contributed by atoms with Gasteiger partial charge >= 0.3 is 0 Å². The third-order valence-corrected chi connectivity index (χ3v) is 7.81. The molecule has 3 rings (SSSR count). The van der Waals surface area contributed by atoms with Crippen molar-refractivity contribution in [1.29, 1.82) is 5.41 Å². The number of rotatable bonds is 7. The first-order chi connectivity index (χ1) is 12.4. The summed E-state index contributed by atoms with van der Waals surface area (Å²) in [5.41, 5.74) is 0.676. The fourth-order valence-corrected chi connectivity index (χ4v) is 5.62. The van der Waals surface area contributed by atoms with Gasteiger partial charge in [0.25, 0.3) is 0 Å². The van der Waals surface area contributed by atoms with Crippen LogP contribution < -0.4 is 5.32 Å². The zero-order chi connectivity index (χ0) is 18.7. The molecular weight excluding hydrogens is 376 g/mol. The van der Waals surface area contributed by atoms with Crippen LogP contribution in [-0.2, 0) is 19.4 Å². The monoisotopic (exact) mass is 398 g/mol. The van der Waals surface area contributed by atoms with Crippen molar-refractivity contribution < 1.29 is 17.9 Å². The molecule has 6 nitrogen and oxygen atoms in total. The van der Waals surface area contributed by atoms with Gasteiger partial charge in [-0.15, -0.1) is 0 Å². The summed E-state index contributed by atoms with van der Waals surface area (Å²) in [7, 11) is -3.38. The fraction of sp³-hybridized carbons (Fsp3) is 0.556. The van der Waals surface area contributed by atoms with Gasteiger partial charge < -0.3 is 10.1 Å². The van der Waals surface area contributed by atoms with Crippen molar-refractivity contribution in [3.8, 4) is 0 Å². The van der Waals surface area contributed by atoms with E-state index in [1.54, 1.807) is 12.1 Å². The first-order valence-corrected chi connectivity index (χ1v) is 10.8. The molecule has 8 heteroatoms. The van der Waals surface area contributed by atoms with E-state index >= 15 is 0 Å². The Balaban J connectivity index is 1.86. The smallest absolute Gasteiger partial charge is 0.232 e. The number of benzene rings is 1. The maximum Gasteiger partial charge on any atom is 0.232 e. The minimum atomic E-state index is -3.38. The Morgan fingerprint density at radius 1 is 1.31 bits per heavy atom. The number of sulfone groups is 1. The average Bonchev–Trinajstić information content (AvgIpc) is 3.46. The average molecular weight is 399 g/mol. The lowest BCUT2D eigenvalue weighted by molar-refractivity contribution is -0.121. The molecule has 1 heterocycles. The SMILES string of the molecule is N=CNC(=O)C(CC1CCOCC1)c1ccc(S(=O)(=O)C2CC2)c(Cl)c1. The Morgan fingerprint density at radius 3 is 2.58 bits per heavy atom. The maximum atomic E-state index is 12.5. The number of nitrogens with one attached hydrogen (secondary N) is 2. The molecule has 0 aromatic heterocycles. The molecule has 1 atom stereocenters. The zero-order valence-electron chi connectivity index (χ0n) is 14.4. The molecule has 1 amide bonds. The summed E-state index contributed by atoms with van der Waals surface area (Å²) in [6, 6.07) is 4.78. The highest BCUT2D eigenvalue weighted by molar-refractivity contribution is 7.92. The van der Waals surface area contributed by atoms with Crippen LogP contribution in [0.2, 0.25) is 5.02 Å². The van der Waals surface area contributed by atoms with Gasteiger partial charge in [0.15, 0.2) is 9.84 Å². The van der Waals surface area contributed by atoms with E-state index in [9.17, 15) is 13.2 Å². The quantitative estimate of drug-likeness (QED) is 0.545. The molecule has 2 fully saturated rings. The zero-order valence-corrected chi connectivity index (χ0v) is 16.0. The van der Waals surface area contributed by atoms with Crippen molar-refractivity contribution in [1.82, 2.24) is 5.32 Å². The Hall–Kier alpha value is -1.44. The largest absolute Gasteiger partial charge is 0.381 e. The molecule has 1 aromatic rings. The van der Waals surface area contributed by atoms with Gasteiger partial charge in [0.05, 0.1) is 27.4 Å². The molecule has 1 aliphatic heterocycles. The van der Waals surface area contributed by atoms with Gasteiger partial charge in [0, 0.05) is 13.2 Å². The number of carbonyl (C=O) groups is 1. The molecule has 1 saturated heterocycles. The second-order valence-corrected chi connectivity index (χ2v) is 9.53. The second kappa shape index (κ2) is 8.06. The van der Waals surface area contributed by atoms with Crippen LogP contribution in [0.15, 0.2) is 23.1 Å². The lowest BCUT2D eigenvalue weighted by Crippen LogP contribution is -2.30. The van der Waals surface area contributed by atoms with E-state index in [1.807, 2.05) is 0 Å². The summed E-state index contributed by atoms with van der Waals surface area (Å²) in [5, 5.41) is 9.41. The van der Waals surface area contributed by atoms with Crippen molar-refractivity contribution in [2.45, 2.75) is 48.2 Å². The van der Waals surface area contributed by atoms with Crippen molar-refractivity contribution >= 4 is 33.7 Å². The third-order valence-electron chi connectivity index (χ3n) is 5.07. The van der Waals surface area contributed by atoms with Gasteiger partial charge in [-0.25, -0.2) is 8.42 Å². The molecule has 0 spiro atoms. The summed E-state index contributed by atoms with van der Waals surface area (Å²) in [6.45, 7) is 1.37. The summed E-state index contributed by atoms with van der Waals surface area (Å²) in [5.74, 6) is -0.408. The van der Waals surface area contributed by atoms with Crippen molar-refractivity contribution in [2.75, 3.05) is 13.2 Å². The highest BCUT2D eigenvalue weighted by Gasteiger charge is 2.38. The summed E-state index contributed by atoms with van der Waals surface area (Å²) < 4.78 is 30.3. The molecule has 1 aliphatic carbocycles. The Labute approximate surface area is 158 Å². The predicted molar refractivity (Wildman–Crippen MR) is 99.5 cm³/mol. The highest BCUT2D eigenvalue weighted by Crippen LogP contribution is 2.38. The van der Waals surface area contributed by atoms with Crippen molar-refractivity contribution in [3.05, 3.63) is 28.8 Å². The summed E-state index contributed by atoms with van der Waals surface area (Å²) >= 11 is 6.28. The Bertz CT molecular complexity index is 786. The molecule has 1 saturated carbocycles. The maximum absolute atomic E-state index is 12.5. The van der Waals surface area contributed by atoms with E-state index in [4.69, 9.17) is 21.7 Å².